The molecule has 2 aromatic carbocycles. The van der Waals surface area contributed by atoms with E-state index in [1.165, 1.54) is 13.4 Å². The van der Waals surface area contributed by atoms with Gasteiger partial charge >= 0.3 is 5.97 Å². The van der Waals surface area contributed by atoms with Crippen LogP contribution in [0.5, 0.6) is 11.5 Å². The molecule has 7 nitrogen and oxygen atoms in total. The molecule has 0 amide bonds. The third-order valence-corrected chi connectivity index (χ3v) is 5.42. The third-order valence-electron chi connectivity index (χ3n) is 5.16. The van der Waals surface area contributed by atoms with E-state index in [2.05, 4.69) is 15.2 Å². The van der Waals surface area contributed by atoms with E-state index in [1.807, 2.05) is 36.4 Å². The number of oxazole rings is 1. The highest BCUT2D eigenvalue weighted by atomic mass is 35.5. The molecule has 0 radical (unpaired) electrons. The van der Waals surface area contributed by atoms with Crippen LogP contribution >= 0.6 is 11.6 Å². The highest BCUT2D eigenvalue weighted by Crippen LogP contribution is 2.27. The van der Waals surface area contributed by atoms with Gasteiger partial charge in [-0.15, -0.1) is 0 Å². The van der Waals surface area contributed by atoms with Crippen LogP contribution in [0.4, 0.5) is 5.69 Å². The van der Waals surface area contributed by atoms with Crippen molar-refractivity contribution in [1.29, 1.82) is 0 Å². The number of esters is 1. The van der Waals surface area contributed by atoms with E-state index in [-0.39, 0.29) is 5.69 Å². The van der Waals surface area contributed by atoms with Gasteiger partial charge in [-0.2, -0.15) is 0 Å². The van der Waals surface area contributed by atoms with Crippen LogP contribution < -0.4 is 15.0 Å². The van der Waals surface area contributed by atoms with E-state index >= 15 is 0 Å². The van der Waals surface area contributed by atoms with E-state index in [0.29, 0.717) is 23.4 Å². The Bertz CT molecular complexity index is 998. The standard InChI is InChI=1S/C23H24ClN3O4/c1-29-23(28)21-15-30-22(26-21)14-27(13-16-10-11-25-12-16)18-4-8-20(9-5-18)31-19-6-2-17(24)3-7-19/h2-9,15-16,25H,10-14H2,1H3. The average molecular weight is 442 g/mol. The molecule has 31 heavy (non-hydrogen) atoms. The fraction of sp³-hybridized carbons (Fsp3) is 0.304. The van der Waals surface area contributed by atoms with Crippen LogP contribution in [-0.2, 0) is 11.3 Å². The molecule has 1 saturated heterocycles. The lowest BCUT2D eigenvalue weighted by molar-refractivity contribution is 0.0594. The predicted octanol–water partition coefficient (Wildman–Crippen LogP) is 4.52. The Balaban J connectivity index is 1.49. The maximum absolute atomic E-state index is 11.7. The minimum absolute atomic E-state index is 0.173. The monoisotopic (exact) mass is 441 g/mol. The van der Waals surface area contributed by atoms with E-state index < -0.39 is 5.97 Å². The summed E-state index contributed by atoms with van der Waals surface area (Å²) in [6.45, 7) is 3.30. The number of ether oxygens (including phenoxy) is 2. The summed E-state index contributed by atoms with van der Waals surface area (Å²) >= 11 is 5.93. The zero-order chi connectivity index (χ0) is 21.6. The summed E-state index contributed by atoms with van der Waals surface area (Å²) in [5.74, 6) is 1.94. The molecule has 0 aliphatic carbocycles. The zero-order valence-electron chi connectivity index (χ0n) is 17.2. The van der Waals surface area contributed by atoms with Crippen molar-refractivity contribution < 1.29 is 18.7 Å². The van der Waals surface area contributed by atoms with Gasteiger partial charge in [-0.25, -0.2) is 9.78 Å². The first kappa shape index (κ1) is 21.2. The second-order valence-electron chi connectivity index (χ2n) is 7.41. The summed E-state index contributed by atoms with van der Waals surface area (Å²) in [6.07, 6.45) is 2.45. The van der Waals surface area contributed by atoms with Crippen LogP contribution in [-0.4, -0.2) is 37.7 Å². The van der Waals surface area contributed by atoms with Gasteiger partial charge in [0.05, 0.1) is 13.7 Å². The number of methoxy groups -OCH3 is 1. The van der Waals surface area contributed by atoms with Crippen molar-refractivity contribution >= 4 is 23.3 Å². The summed E-state index contributed by atoms with van der Waals surface area (Å²) in [4.78, 5) is 18.2. The fourth-order valence-corrected chi connectivity index (χ4v) is 3.68. The molecule has 0 bridgehead atoms. The van der Waals surface area contributed by atoms with E-state index in [4.69, 9.17) is 25.5 Å². The largest absolute Gasteiger partial charge is 0.464 e. The van der Waals surface area contributed by atoms with Crippen molar-refractivity contribution in [2.24, 2.45) is 5.92 Å². The molecule has 1 fully saturated rings. The number of carbonyl (C=O) groups is 1. The first-order chi connectivity index (χ1) is 15.1. The molecule has 1 aliphatic rings. The highest BCUT2D eigenvalue weighted by Gasteiger charge is 2.21. The van der Waals surface area contributed by atoms with Crippen molar-refractivity contribution in [3.63, 3.8) is 0 Å². The lowest BCUT2D eigenvalue weighted by Gasteiger charge is -2.26. The number of halogens is 1. The van der Waals surface area contributed by atoms with Gasteiger partial charge < -0.3 is 24.1 Å². The number of hydrogen-bond donors (Lipinski definition) is 1. The van der Waals surface area contributed by atoms with E-state index in [1.54, 1.807) is 12.1 Å². The molecule has 1 atom stereocenters. The molecule has 1 N–H and O–H groups in total. The number of benzene rings is 2. The second-order valence-corrected chi connectivity index (χ2v) is 7.84. The topological polar surface area (TPSA) is 76.8 Å². The molecule has 0 spiro atoms. The molecule has 8 heteroatoms. The predicted molar refractivity (Wildman–Crippen MR) is 118 cm³/mol. The Labute approximate surface area is 185 Å². The third kappa shape index (κ3) is 5.57. The Morgan fingerprint density at radius 1 is 1.19 bits per heavy atom. The van der Waals surface area contributed by atoms with E-state index in [0.717, 1.165) is 43.2 Å². The Morgan fingerprint density at radius 3 is 2.55 bits per heavy atom. The summed E-state index contributed by atoms with van der Waals surface area (Å²) in [5.41, 5.74) is 1.19. The van der Waals surface area contributed by atoms with Crippen molar-refractivity contribution in [2.45, 2.75) is 13.0 Å². The highest BCUT2D eigenvalue weighted by molar-refractivity contribution is 6.30. The molecular formula is C23H24ClN3O4. The quantitative estimate of drug-likeness (QED) is 0.515. The molecule has 4 rings (SSSR count). The Morgan fingerprint density at radius 2 is 1.90 bits per heavy atom. The zero-order valence-corrected chi connectivity index (χ0v) is 18.0. The average Bonchev–Trinajstić information content (AvgIpc) is 3.47. The normalized spacial score (nSPS) is 15.6. The minimum atomic E-state index is -0.509. The summed E-state index contributed by atoms with van der Waals surface area (Å²) in [5, 5.41) is 4.07. The van der Waals surface area contributed by atoms with Crippen LogP contribution in [0, 0.1) is 5.92 Å². The van der Waals surface area contributed by atoms with Gasteiger partial charge in [-0.05, 0) is 74.0 Å². The van der Waals surface area contributed by atoms with E-state index in [9.17, 15) is 4.79 Å². The van der Waals surface area contributed by atoms with Gasteiger partial charge in [0.25, 0.3) is 0 Å². The molecule has 2 heterocycles. The van der Waals surface area contributed by atoms with Crippen molar-refractivity contribution in [1.82, 2.24) is 10.3 Å². The summed E-state index contributed by atoms with van der Waals surface area (Å²) in [7, 11) is 1.32. The first-order valence-corrected chi connectivity index (χ1v) is 10.5. The van der Waals surface area contributed by atoms with Crippen molar-refractivity contribution in [2.75, 3.05) is 31.6 Å². The van der Waals surface area contributed by atoms with Crippen LogP contribution in [0.3, 0.4) is 0 Å². The molecule has 162 valence electrons. The number of rotatable bonds is 8. The molecule has 1 aromatic heterocycles. The van der Waals surface area contributed by atoms with Crippen LogP contribution in [0.15, 0.2) is 59.2 Å². The Kier molecular flexibility index (Phi) is 6.74. The molecule has 0 saturated carbocycles. The van der Waals surface area contributed by atoms with Gasteiger partial charge in [0.2, 0.25) is 5.89 Å². The second kappa shape index (κ2) is 9.85. The number of aromatic nitrogens is 1. The SMILES string of the molecule is COC(=O)c1coc(CN(CC2CCNC2)c2ccc(Oc3ccc(Cl)cc3)cc2)n1. The van der Waals surface area contributed by atoms with Crippen LogP contribution in [0.2, 0.25) is 5.02 Å². The first-order valence-electron chi connectivity index (χ1n) is 10.1. The number of carbonyl (C=O) groups excluding carboxylic acids is 1. The van der Waals surface area contributed by atoms with Crippen LogP contribution in [0.25, 0.3) is 0 Å². The summed E-state index contributed by atoms with van der Waals surface area (Å²) in [6, 6.07) is 15.1. The maximum Gasteiger partial charge on any atom is 0.360 e. The number of hydrogen-bond acceptors (Lipinski definition) is 7. The number of nitrogens with zero attached hydrogens (tertiary/aromatic N) is 2. The van der Waals surface area contributed by atoms with Crippen LogP contribution in [0.1, 0.15) is 22.8 Å². The van der Waals surface area contributed by atoms with Gasteiger partial charge in [-0.3, -0.25) is 0 Å². The lowest BCUT2D eigenvalue weighted by atomic mass is 10.1. The minimum Gasteiger partial charge on any atom is -0.464 e. The maximum atomic E-state index is 11.7. The number of nitrogens with one attached hydrogen (secondary N) is 1. The molecule has 1 aliphatic heterocycles. The van der Waals surface area contributed by atoms with Gasteiger partial charge in [0.15, 0.2) is 5.69 Å². The smallest absolute Gasteiger partial charge is 0.360 e. The van der Waals surface area contributed by atoms with Crippen molar-refractivity contribution in [3.05, 3.63) is 71.4 Å². The van der Waals surface area contributed by atoms with Gasteiger partial charge in [0, 0.05) is 17.3 Å². The molecule has 3 aromatic rings. The fourth-order valence-electron chi connectivity index (χ4n) is 3.55. The Hall–Kier alpha value is -3.03. The van der Waals surface area contributed by atoms with Crippen molar-refractivity contribution in [3.8, 4) is 11.5 Å². The molecule has 1 unspecified atom stereocenters. The summed E-state index contributed by atoms with van der Waals surface area (Å²) < 4.78 is 16.1. The molecular weight excluding hydrogens is 418 g/mol. The number of anilines is 1. The lowest BCUT2D eigenvalue weighted by Crippen LogP contribution is -2.30. The van der Waals surface area contributed by atoms with Gasteiger partial charge in [-0.1, -0.05) is 11.6 Å². The van der Waals surface area contributed by atoms with Gasteiger partial charge in [0.1, 0.15) is 17.8 Å².